The molecule has 1 fully saturated rings. The fraction of sp³-hybridized carbons (Fsp3) is 0.318. The summed E-state index contributed by atoms with van der Waals surface area (Å²) in [7, 11) is 1.61. The van der Waals surface area contributed by atoms with Crippen LogP contribution in [-0.2, 0) is 17.5 Å². The molecule has 11 nitrogen and oxygen atoms in total. The number of halogens is 3. The summed E-state index contributed by atoms with van der Waals surface area (Å²) in [5.41, 5.74) is -0.0310. The van der Waals surface area contributed by atoms with E-state index in [0.717, 1.165) is 4.88 Å². The normalized spacial score (nSPS) is 14.9. The third-order valence-corrected chi connectivity index (χ3v) is 6.75. The van der Waals surface area contributed by atoms with Crippen molar-refractivity contribution in [1.29, 1.82) is 0 Å². The number of methoxy groups -OCH3 is 1. The Morgan fingerprint density at radius 2 is 2.05 bits per heavy atom. The van der Waals surface area contributed by atoms with Gasteiger partial charge in [-0.05, 0) is 25.1 Å². The molecule has 0 aliphatic carbocycles. The second kappa shape index (κ2) is 9.48. The average Bonchev–Trinajstić information content (AvgIpc) is 3.55. The number of anilines is 2. The fourth-order valence-corrected chi connectivity index (χ4v) is 4.63. The van der Waals surface area contributed by atoms with Gasteiger partial charge < -0.3 is 19.1 Å². The van der Waals surface area contributed by atoms with E-state index in [0.29, 0.717) is 35.2 Å². The van der Waals surface area contributed by atoms with Gasteiger partial charge in [0.15, 0.2) is 11.6 Å². The van der Waals surface area contributed by atoms with Crippen LogP contribution in [0.3, 0.4) is 0 Å². The zero-order chi connectivity index (χ0) is 26.2. The van der Waals surface area contributed by atoms with Gasteiger partial charge in [0, 0.05) is 24.4 Å². The van der Waals surface area contributed by atoms with E-state index in [2.05, 4.69) is 34.8 Å². The van der Waals surface area contributed by atoms with Crippen molar-refractivity contribution in [3.63, 3.8) is 0 Å². The van der Waals surface area contributed by atoms with E-state index < -0.39 is 12.1 Å². The van der Waals surface area contributed by atoms with Crippen LogP contribution in [0.1, 0.15) is 28.0 Å². The number of ether oxygens (including phenoxy) is 1. The molecule has 0 bridgehead atoms. The highest BCUT2D eigenvalue weighted by Crippen LogP contribution is 2.34. The molecule has 1 amide bonds. The average molecular weight is 533 g/mol. The quantitative estimate of drug-likeness (QED) is 0.349. The minimum absolute atomic E-state index is 0.167. The second-order valence-electron chi connectivity index (χ2n) is 8.45. The molecule has 0 aromatic carbocycles. The van der Waals surface area contributed by atoms with Crippen LogP contribution in [0.5, 0.6) is 0 Å². The highest BCUT2D eigenvalue weighted by Gasteiger charge is 2.42. The number of aromatic nitrogens is 6. The predicted octanol–water partition coefficient (Wildman–Crippen LogP) is 3.60. The van der Waals surface area contributed by atoms with Gasteiger partial charge >= 0.3 is 12.1 Å². The number of thiophene rings is 1. The molecular weight excluding hydrogens is 513 g/mol. The largest absolute Gasteiger partial charge is 0.471 e. The highest BCUT2D eigenvalue weighted by molar-refractivity contribution is 7.15. The molecule has 5 heterocycles. The van der Waals surface area contributed by atoms with Crippen LogP contribution in [-0.4, -0.2) is 66.9 Å². The first kappa shape index (κ1) is 24.7. The maximum atomic E-state index is 13.0. The van der Waals surface area contributed by atoms with Crippen molar-refractivity contribution in [2.75, 3.05) is 25.1 Å². The standard InChI is InChI=1S/C22H19F3N8O3S/c1-21(35-2)11-32(12-21)19(34)13-7-16(30-28-8-13)33(17-9-26-5-6-27-17)10-14-3-4-15(37-14)18-29-20(36-31-18)22(23,24)25/h3-9H,10-12H2,1-2H3. The lowest BCUT2D eigenvalue weighted by molar-refractivity contribution is -0.159. The number of rotatable bonds is 7. The van der Waals surface area contributed by atoms with Gasteiger partial charge in [-0.3, -0.25) is 9.78 Å². The van der Waals surface area contributed by atoms with Crippen LogP contribution in [0, 0.1) is 0 Å². The molecule has 0 unspecified atom stereocenters. The van der Waals surface area contributed by atoms with Gasteiger partial charge in [0.2, 0.25) is 5.82 Å². The summed E-state index contributed by atoms with van der Waals surface area (Å²) < 4.78 is 48.2. The van der Waals surface area contributed by atoms with Crippen molar-refractivity contribution in [2.45, 2.75) is 25.2 Å². The van der Waals surface area contributed by atoms with E-state index in [1.54, 1.807) is 35.1 Å². The molecule has 37 heavy (non-hydrogen) atoms. The maximum absolute atomic E-state index is 13.0. The molecule has 0 N–H and O–H groups in total. The zero-order valence-electron chi connectivity index (χ0n) is 19.5. The molecule has 1 saturated heterocycles. The van der Waals surface area contributed by atoms with E-state index >= 15 is 0 Å². The Hall–Kier alpha value is -3.98. The molecule has 5 rings (SSSR count). The molecule has 192 valence electrons. The maximum Gasteiger partial charge on any atom is 0.471 e. The van der Waals surface area contributed by atoms with Crippen LogP contribution >= 0.6 is 11.3 Å². The van der Waals surface area contributed by atoms with Gasteiger partial charge in [0.25, 0.3) is 5.91 Å². The molecule has 0 spiro atoms. The molecule has 1 aliphatic rings. The van der Waals surface area contributed by atoms with Gasteiger partial charge in [-0.15, -0.1) is 16.4 Å². The van der Waals surface area contributed by atoms with Gasteiger partial charge in [-0.1, -0.05) is 5.16 Å². The zero-order valence-corrected chi connectivity index (χ0v) is 20.3. The third kappa shape index (κ3) is 5.13. The van der Waals surface area contributed by atoms with Gasteiger partial charge in [0.05, 0.1) is 42.5 Å². The number of nitrogens with zero attached hydrogens (tertiary/aromatic N) is 8. The molecule has 0 saturated carbocycles. The van der Waals surface area contributed by atoms with Crippen LogP contribution in [0.4, 0.5) is 24.8 Å². The summed E-state index contributed by atoms with van der Waals surface area (Å²) in [4.78, 5) is 29.3. The summed E-state index contributed by atoms with van der Waals surface area (Å²) in [5.74, 6) is -1.01. The molecule has 1 aliphatic heterocycles. The number of hydrogen-bond donors (Lipinski definition) is 0. The van der Waals surface area contributed by atoms with Gasteiger partial charge in [-0.25, -0.2) is 4.98 Å². The van der Waals surface area contributed by atoms with Gasteiger partial charge in [0.1, 0.15) is 5.60 Å². The van der Waals surface area contributed by atoms with Crippen molar-refractivity contribution < 1.29 is 27.2 Å². The molecule has 0 radical (unpaired) electrons. The summed E-state index contributed by atoms with van der Waals surface area (Å²) in [6.07, 6.45) is 1.21. The van der Waals surface area contributed by atoms with E-state index in [-0.39, 0.29) is 23.9 Å². The Labute approximate surface area is 211 Å². The summed E-state index contributed by atoms with van der Waals surface area (Å²) in [5, 5.41) is 11.6. The molecule has 4 aromatic rings. The first-order valence-corrected chi connectivity index (χ1v) is 11.7. The first-order chi connectivity index (χ1) is 17.6. The minimum Gasteiger partial charge on any atom is -0.375 e. The number of hydrogen-bond acceptors (Lipinski definition) is 11. The number of carbonyl (C=O) groups excluding carboxylic acids is 1. The summed E-state index contributed by atoms with van der Waals surface area (Å²) in [6, 6.07) is 4.93. The monoisotopic (exact) mass is 532 g/mol. The topological polar surface area (TPSA) is 123 Å². The number of alkyl halides is 3. The molecule has 4 aromatic heterocycles. The van der Waals surface area contributed by atoms with Crippen LogP contribution in [0.15, 0.2) is 47.5 Å². The molecule has 0 atom stereocenters. The summed E-state index contributed by atoms with van der Waals surface area (Å²) >= 11 is 1.18. The van der Waals surface area contributed by atoms with Crippen molar-refractivity contribution in [1.82, 2.24) is 35.2 Å². The van der Waals surface area contributed by atoms with Crippen molar-refractivity contribution in [3.05, 3.63) is 59.3 Å². The molecule has 15 heteroatoms. The first-order valence-electron chi connectivity index (χ1n) is 10.9. The van der Waals surface area contributed by atoms with E-state index in [1.165, 1.54) is 36.1 Å². The Balaban J connectivity index is 1.40. The van der Waals surface area contributed by atoms with Crippen molar-refractivity contribution in [3.8, 4) is 10.7 Å². The fourth-order valence-electron chi connectivity index (χ4n) is 3.71. The second-order valence-corrected chi connectivity index (χ2v) is 9.62. The number of amides is 1. The third-order valence-electron chi connectivity index (χ3n) is 5.69. The highest BCUT2D eigenvalue weighted by atomic mass is 32.1. The van der Waals surface area contributed by atoms with Crippen LogP contribution in [0.25, 0.3) is 10.7 Å². The SMILES string of the molecule is COC1(C)CN(C(=O)c2cnnc(N(Cc3ccc(-c4noc(C(F)(F)F)n4)s3)c3cnccn3)c2)C1. The lowest BCUT2D eigenvalue weighted by Gasteiger charge is -2.46. The van der Waals surface area contributed by atoms with Crippen molar-refractivity contribution in [2.24, 2.45) is 0 Å². The van der Waals surface area contributed by atoms with E-state index in [4.69, 9.17) is 4.74 Å². The van der Waals surface area contributed by atoms with Crippen molar-refractivity contribution >= 4 is 28.9 Å². The Bertz CT molecular complexity index is 1410. The lowest BCUT2D eigenvalue weighted by atomic mass is 9.95. The van der Waals surface area contributed by atoms with E-state index in [9.17, 15) is 18.0 Å². The van der Waals surface area contributed by atoms with Crippen LogP contribution in [0.2, 0.25) is 0 Å². The Morgan fingerprint density at radius 1 is 1.24 bits per heavy atom. The lowest BCUT2D eigenvalue weighted by Crippen LogP contribution is -2.62. The Morgan fingerprint density at radius 3 is 2.73 bits per heavy atom. The smallest absolute Gasteiger partial charge is 0.375 e. The Kier molecular flexibility index (Phi) is 6.33. The number of likely N-dealkylation sites (tertiary alicyclic amines) is 1. The molecular formula is C22H19F3N8O3S. The van der Waals surface area contributed by atoms with E-state index in [1.807, 2.05) is 6.92 Å². The minimum atomic E-state index is -4.73. The van der Waals surface area contributed by atoms with Crippen LogP contribution < -0.4 is 4.90 Å². The summed E-state index contributed by atoms with van der Waals surface area (Å²) in [6.45, 7) is 3.05. The number of carbonyl (C=O) groups is 1. The van der Waals surface area contributed by atoms with Gasteiger partial charge in [-0.2, -0.15) is 23.3 Å². The predicted molar refractivity (Wildman–Crippen MR) is 124 cm³/mol.